The lowest BCUT2D eigenvalue weighted by atomic mass is 10.2. The van der Waals surface area contributed by atoms with Crippen molar-refractivity contribution in [3.8, 4) is 11.5 Å². The number of rotatable bonds is 11. The van der Waals surface area contributed by atoms with E-state index in [4.69, 9.17) is 19.2 Å². The number of likely N-dealkylation sites (tertiary alicyclic amines) is 1. The van der Waals surface area contributed by atoms with Crippen molar-refractivity contribution < 1.29 is 14.2 Å². The molecule has 2 N–H and O–H groups in total. The fourth-order valence-electron chi connectivity index (χ4n) is 4.29. The molecule has 2 aliphatic rings. The maximum atomic E-state index is 5.42. The molecule has 0 saturated carbocycles. The summed E-state index contributed by atoms with van der Waals surface area (Å²) in [7, 11) is 3.39. The van der Waals surface area contributed by atoms with Crippen molar-refractivity contribution in [1.82, 2.24) is 20.4 Å². The fourth-order valence-corrected chi connectivity index (χ4v) is 4.29. The highest BCUT2D eigenvalue weighted by atomic mass is 16.5. The van der Waals surface area contributed by atoms with Crippen LogP contribution in [-0.4, -0.2) is 95.0 Å². The van der Waals surface area contributed by atoms with Crippen LogP contribution in [0.25, 0.3) is 0 Å². The molecule has 0 aliphatic carbocycles. The summed E-state index contributed by atoms with van der Waals surface area (Å²) in [6.07, 6.45) is 3.41. The number of nitrogens with zero attached hydrogens (tertiary/aromatic N) is 3. The summed E-state index contributed by atoms with van der Waals surface area (Å²) in [6.45, 7) is 11.8. The molecule has 2 saturated heterocycles. The van der Waals surface area contributed by atoms with E-state index in [1.165, 1.54) is 12.0 Å². The maximum absolute atomic E-state index is 5.42. The lowest BCUT2D eigenvalue weighted by Crippen LogP contribution is -2.44. The molecule has 8 nitrogen and oxygen atoms in total. The van der Waals surface area contributed by atoms with Gasteiger partial charge in [-0.3, -0.25) is 14.8 Å². The molecule has 2 heterocycles. The molecular formula is C24H41N5O3. The monoisotopic (exact) mass is 447 g/mol. The summed E-state index contributed by atoms with van der Waals surface area (Å²) in [4.78, 5) is 9.77. The Morgan fingerprint density at radius 1 is 1.06 bits per heavy atom. The molecule has 1 aromatic rings. The van der Waals surface area contributed by atoms with Crippen molar-refractivity contribution in [3.63, 3.8) is 0 Å². The highest BCUT2D eigenvalue weighted by molar-refractivity contribution is 5.80. The van der Waals surface area contributed by atoms with Crippen molar-refractivity contribution in [1.29, 1.82) is 0 Å². The van der Waals surface area contributed by atoms with Gasteiger partial charge in [-0.05, 0) is 50.4 Å². The quantitative estimate of drug-likeness (QED) is 0.305. The zero-order valence-electron chi connectivity index (χ0n) is 20.1. The first-order chi connectivity index (χ1) is 15.7. The molecule has 0 spiro atoms. The summed E-state index contributed by atoms with van der Waals surface area (Å²) in [5.74, 6) is 2.61. The van der Waals surface area contributed by atoms with Crippen LogP contribution < -0.4 is 20.1 Å². The van der Waals surface area contributed by atoms with Gasteiger partial charge in [0.15, 0.2) is 5.96 Å². The number of nitrogens with one attached hydrogen (secondary N) is 2. The minimum Gasteiger partial charge on any atom is -0.497 e. The highest BCUT2D eigenvalue weighted by Crippen LogP contribution is 2.24. The van der Waals surface area contributed by atoms with Crippen LogP contribution in [0.15, 0.2) is 23.2 Å². The molecule has 1 aromatic carbocycles. The van der Waals surface area contributed by atoms with Crippen LogP contribution in [-0.2, 0) is 11.3 Å². The summed E-state index contributed by atoms with van der Waals surface area (Å²) in [6, 6.07) is 6.50. The van der Waals surface area contributed by atoms with Crippen LogP contribution in [0.3, 0.4) is 0 Å². The second-order valence-corrected chi connectivity index (χ2v) is 8.51. The SMILES string of the molecule is CCNC(=NCCCCN1CCOCC1)NC1CCN(Cc2cc(OC)cc(OC)c2)C1. The Labute approximate surface area is 193 Å². The third-order valence-corrected chi connectivity index (χ3v) is 6.03. The van der Waals surface area contributed by atoms with Gasteiger partial charge in [0, 0.05) is 57.9 Å². The first-order valence-corrected chi connectivity index (χ1v) is 12.0. The molecule has 1 unspecified atom stereocenters. The third-order valence-electron chi connectivity index (χ3n) is 6.03. The molecule has 0 aromatic heterocycles. The molecule has 3 rings (SSSR count). The van der Waals surface area contributed by atoms with Crippen molar-refractivity contribution >= 4 is 5.96 Å². The minimum absolute atomic E-state index is 0.411. The molecule has 0 amide bonds. The molecule has 180 valence electrons. The molecule has 32 heavy (non-hydrogen) atoms. The predicted molar refractivity (Wildman–Crippen MR) is 129 cm³/mol. The van der Waals surface area contributed by atoms with Gasteiger partial charge in [-0.1, -0.05) is 0 Å². The third kappa shape index (κ3) is 8.15. The van der Waals surface area contributed by atoms with E-state index in [-0.39, 0.29) is 0 Å². The second-order valence-electron chi connectivity index (χ2n) is 8.51. The Bertz CT molecular complexity index is 687. The number of benzene rings is 1. The Kier molecular flexibility index (Phi) is 10.4. The Morgan fingerprint density at radius 2 is 1.81 bits per heavy atom. The van der Waals surface area contributed by atoms with Gasteiger partial charge >= 0.3 is 0 Å². The van der Waals surface area contributed by atoms with Gasteiger partial charge in [0.05, 0.1) is 27.4 Å². The molecular weight excluding hydrogens is 406 g/mol. The van der Waals surface area contributed by atoms with Gasteiger partial charge in [-0.2, -0.15) is 0 Å². The topological polar surface area (TPSA) is 70.6 Å². The van der Waals surface area contributed by atoms with Gasteiger partial charge in [0.2, 0.25) is 0 Å². The van der Waals surface area contributed by atoms with E-state index in [1.807, 2.05) is 6.07 Å². The van der Waals surface area contributed by atoms with Crippen LogP contribution in [0.1, 0.15) is 31.7 Å². The van der Waals surface area contributed by atoms with Gasteiger partial charge in [0.1, 0.15) is 11.5 Å². The van der Waals surface area contributed by atoms with Crippen molar-refractivity contribution in [3.05, 3.63) is 23.8 Å². The van der Waals surface area contributed by atoms with Gasteiger partial charge in [-0.25, -0.2) is 0 Å². The highest BCUT2D eigenvalue weighted by Gasteiger charge is 2.23. The maximum Gasteiger partial charge on any atom is 0.191 e. The Balaban J connectivity index is 1.42. The van der Waals surface area contributed by atoms with Crippen LogP contribution in [0.4, 0.5) is 0 Å². The fraction of sp³-hybridized carbons (Fsp3) is 0.708. The molecule has 8 heteroatoms. The number of ether oxygens (including phenoxy) is 3. The van der Waals surface area contributed by atoms with Crippen molar-refractivity contribution in [2.45, 2.75) is 38.8 Å². The van der Waals surface area contributed by atoms with E-state index < -0.39 is 0 Å². The largest absolute Gasteiger partial charge is 0.497 e. The first kappa shape index (κ1) is 24.6. The average Bonchev–Trinajstić information content (AvgIpc) is 3.25. The molecule has 0 radical (unpaired) electrons. The minimum atomic E-state index is 0.411. The number of aliphatic imine (C=N–C) groups is 1. The smallest absolute Gasteiger partial charge is 0.191 e. The number of guanidine groups is 1. The number of unbranched alkanes of at least 4 members (excludes halogenated alkanes) is 1. The van der Waals surface area contributed by atoms with E-state index in [0.717, 1.165) is 95.9 Å². The van der Waals surface area contributed by atoms with E-state index >= 15 is 0 Å². The predicted octanol–water partition coefficient (Wildman–Crippen LogP) is 1.95. The average molecular weight is 448 g/mol. The number of hydrogen-bond donors (Lipinski definition) is 2. The molecule has 0 bridgehead atoms. The number of hydrogen-bond acceptors (Lipinski definition) is 6. The molecule has 2 aliphatic heterocycles. The van der Waals surface area contributed by atoms with E-state index in [0.29, 0.717) is 6.04 Å². The summed E-state index contributed by atoms with van der Waals surface area (Å²) in [5.41, 5.74) is 1.21. The van der Waals surface area contributed by atoms with Crippen molar-refractivity contribution in [2.75, 3.05) is 73.2 Å². The van der Waals surface area contributed by atoms with Crippen LogP contribution in [0.2, 0.25) is 0 Å². The van der Waals surface area contributed by atoms with Crippen LogP contribution in [0, 0.1) is 0 Å². The van der Waals surface area contributed by atoms with Crippen molar-refractivity contribution in [2.24, 2.45) is 4.99 Å². The first-order valence-electron chi connectivity index (χ1n) is 12.0. The lowest BCUT2D eigenvalue weighted by molar-refractivity contribution is 0.0373. The zero-order chi connectivity index (χ0) is 22.6. The van der Waals surface area contributed by atoms with Gasteiger partial charge < -0.3 is 24.8 Å². The normalized spacial score (nSPS) is 20.3. The number of methoxy groups -OCH3 is 2. The molecule has 2 fully saturated rings. The Hall–Kier alpha value is -2.03. The zero-order valence-corrected chi connectivity index (χ0v) is 20.1. The standard InChI is InChI=1S/C24H41N5O3/c1-4-25-24(26-8-5-6-9-28-11-13-32-14-12-28)27-21-7-10-29(19-21)18-20-15-22(30-2)17-23(16-20)31-3/h15-17,21H,4-14,18-19H2,1-3H3,(H2,25,26,27). The van der Waals surface area contributed by atoms with Gasteiger partial charge in [0.25, 0.3) is 0 Å². The van der Waals surface area contributed by atoms with E-state index in [1.54, 1.807) is 14.2 Å². The summed E-state index contributed by atoms with van der Waals surface area (Å²) in [5, 5.41) is 7.04. The lowest BCUT2D eigenvalue weighted by Gasteiger charge is -2.26. The van der Waals surface area contributed by atoms with Crippen LogP contribution in [0.5, 0.6) is 11.5 Å². The van der Waals surface area contributed by atoms with Crippen LogP contribution >= 0.6 is 0 Å². The Morgan fingerprint density at radius 3 is 2.50 bits per heavy atom. The molecule has 1 atom stereocenters. The summed E-state index contributed by atoms with van der Waals surface area (Å²) < 4.78 is 16.2. The van der Waals surface area contributed by atoms with E-state index in [9.17, 15) is 0 Å². The second kappa shape index (κ2) is 13.5. The van der Waals surface area contributed by atoms with Gasteiger partial charge in [-0.15, -0.1) is 0 Å². The summed E-state index contributed by atoms with van der Waals surface area (Å²) >= 11 is 0. The van der Waals surface area contributed by atoms with E-state index in [2.05, 4.69) is 39.5 Å². The number of morpholine rings is 1.